The fraction of sp³-hybridized carbons (Fsp3) is 0.364. The van der Waals surface area contributed by atoms with E-state index in [9.17, 15) is 13.9 Å². The van der Waals surface area contributed by atoms with Crippen molar-refractivity contribution in [3.05, 3.63) is 71.4 Å². The second kappa shape index (κ2) is 8.39. The molecule has 6 heteroatoms. The monoisotopic (exact) mass is 385 g/mol. The molecule has 148 valence electrons. The second-order valence-corrected chi connectivity index (χ2v) is 7.50. The van der Waals surface area contributed by atoms with Gasteiger partial charge >= 0.3 is 0 Å². The molecule has 0 saturated carbocycles. The van der Waals surface area contributed by atoms with E-state index < -0.39 is 11.6 Å². The van der Waals surface area contributed by atoms with Gasteiger partial charge in [0.05, 0.1) is 0 Å². The number of hydrogen-bond donors (Lipinski definition) is 2. The first kappa shape index (κ1) is 19.1. The van der Waals surface area contributed by atoms with Crippen LogP contribution in [0.3, 0.4) is 0 Å². The van der Waals surface area contributed by atoms with E-state index in [4.69, 9.17) is 0 Å². The number of aliphatic hydroxyl groups excluding tert-OH is 1. The van der Waals surface area contributed by atoms with Crippen LogP contribution < -0.4 is 0 Å². The van der Waals surface area contributed by atoms with Gasteiger partial charge in [-0.15, -0.1) is 0 Å². The Balaban J connectivity index is 1.42. The molecule has 4 rings (SSSR count). The number of H-pyrrole nitrogens is 1. The lowest BCUT2D eigenvalue weighted by molar-refractivity contribution is 0.0494. The molecular formula is C22H25F2N3O. The first-order valence-electron chi connectivity index (χ1n) is 9.70. The van der Waals surface area contributed by atoms with Crippen molar-refractivity contribution in [3.63, 3.8) is 0 Å². The van der Waals surface area contributed by atoms with Gasteiger partial charge in [0, 0.05) is 56.6 Å². The number of fused-ring (bicyclic) bond motifs is 1. The van der Waals surface area contributed by atoms with E-state index in [1.54, 1.807) is 6.07 Å². The van der Waals surface area contributed by atoms with Crippen molar-refractivity contribution in [1.29, 1.82) is 0 Å². The highest BCUT2D eigenvalue weighted by Crippen LogP contribution is 2.21. The molecule has 0 amide bonds. The van der Waals surface area contributed by atoms with Crippen molar-refractivity contribution in [3.8, 4) is 0 Å². The van der Waals surface area contributed by atoms with Gasteiger partial charge in [0.25, 0.3) is 0 Å². The van der Waals surface area contributed by atoms with Crippen LogP contribution in [0.2, 0.25) is 0 Å². The van der Waals surface area contributed by atoms with Crippen LogP contribution in [0.1, 0.15) is 17.7 Å². The Labute approximate surface area is 163 Å². The van der Waals surface area contributed by atoms with Crippen LogP contribution in [0.4, 0.5) is 8.78 Å². The molecule has 2 heterocycles. The largest absolute Gasteiger partial charge is 0.396 e. The number of nitrogens with zero attached hydrogens (tertiary/aromatic N) is 2. The molecule has 1 aromatic heterocycles. The molecule has 3 aromatic rings. The molecule has 2 aromatic carbocycles. The Kier molecular flexibility index (Phi) is 5.71. The molecule has 0 aliphatic carbocycles. The van der Waals surface area contributed by atoms with Gasteiger partial charge < -0.3 is 10.1 Å². The van der Waals surface area contributed by atoms with Crippen molar-refractivity contribution >= 4 is 10.9 Å². The van der Waals surface area contributed by atoms with Gasteiger partial charge in [0.1, 0.15) is 0 Å². The highest BCUT2D eigenvalue weighted by Gasteiger charge is 2.27. The number of aliphatic hydroxyl groups is 1. The van der Waals surface area contributed by atoms with Crippen LogP contribution in [0.25, 0.3) is 10.9 Å². The topological polar surface area (TPSA) is 42.5 Å². The van der Waals surface area contributed by atoms with Crippen LogP contribution in [0, 0.1) is 11.6 Å². The number of rotatable bonds is 6. The molecule has 2 N–H and O–H groups in total. The summed E-state index contributed by atoms with van der Waals surface area (Å²) in [5.41, 5.74) is 3.07. The average molecular weight is 385 g/mol. The number of nitrogens with one attached hydrogen (secondary N) is 1. The predicted octanol–water partition coefficient (Wildman–Crippen LogP) is 3.51. The van der Waals surface area contributed by atoms with Gasteiger partial charge in [-0.3, -0.25) is 9.80 Å². The van der Waals surface area contributed by atoms with E-state index in [0.717, 1.165) is 37.3 Å². The fourth-order valence-corrected chi connectivity index (χ4v) is 4.06. The summed E-state index contributed by atoms with van der Waals surface area (Å²) < 4.78 is 26.7. The second-order valence-electron chi connectivity index (χ2n) is 7.50. The summed E-state index contributed by atoms with van der Waals surface area (Å²) in [5.74, 6) is -1.63. The number of halogens is 2. The third kappa shape index (κ3) is 4.24. The van der Waals surface area contributed by atoms with Crippen molar-refractivity contribution < 1.29 is 13.9 Å². The zero-order chi connectivity index (χ0) is 19.5. The fourth-order valence-electron chi connectivity index (χ4n) is 4.06. The van der Waals surface area contributed by atoms with Crippen LogP contribution >= 0.6 is 0 Å². The maximum atomic E-state index is 13.5. The van der Waals surface area contributed by atoms with Gasteiger partial charge in [-0.25, -0.2) is 8.78 Å². The van der Waals surface area contributed by atoms with Crippen LogP contribution in [0.5, 0.6) is 0 Å². The average Bonchev–Trinajstić information content (AvgIpc) is 3.09. The molecule has 28 heavy (non-hydrogen) atoms. The van der Waals surface area contributed by atoms with Gasteiger partial charge in [0.2, 0.25) is 0 Å². The van der Waals surface area contributed by atoms with Gasteiger partial charge in [0.15, 0.2) is 11.6 Å². The van der Waals surface area contributed by atoms with Gasteiger partial charge in [-0.1, -0.05) is 24.3 Å². The molecule has 1 atom stereocenters. The van der Waals surface area contributed by atoms with E-state index >= 15 is 0 Å². The lowest BCUT2D eigenvalue weighted by Gasteiger charge is -2.41. The molecule has 1 unspecified atom stereocenters. The maximum absolute atomic E-state index is 13.5. The van der Waals surface area contributed by atoms with Gasteiger partial charge in [-0.05, 0) is 41.6 Å². The van der Waals surface area contributed by atoms with E-state index in [-0.39, 0.29) is 12.6 Å². The predicted molar refractivity (Wildman–Crippen MR) is 106 cm³/mol. The third-order valence-electron chi connectivity index (χ3n) is 5.50. The Morgan fingerprint density at radius 1 is 1.00 bits per heavy atom. The SMILES string of the molecule is OCCC1CN(Cc2cc3ccccc3[nH]2)CCN1Cc1ccc(F)c(F)c1. The lowest BCUT2D eigenvalue weighted by atomic mass is 10.1. The van der Waals surface area contributed by atoms with Crippen LogP contribution in [0.15, 0.2) is 48.5 Å². The Morgan fingerprint density at radius 2 is 1.86 bits per heavy atom. The number of aromatic amines is 1. The van der Waals surface area contributed by atoms with Crippen molar-refractivity contribution in [1.82, 2.24) is 14.8 Å². The summed E-state index contributed by atoms with van der Waals surface area (Å²) in [7, 11) is 0. The summed E-state index contributed by atoms with van der Waals surface area (Å²) in [5, 5.41) is 10.7. The van der Waals surface area contributed by atoms with Crippen molar-refractivity contribution in [2.45, 2.75) is 25.6 Å². The quantitative estimate of drug-likeness (QED) is 0.682. The van der Waals surface area contributed by atoms with Gasteiger partial charge in [-0.2, -0.15) is 0 Å². The zero-order valence-corrected chi connectivity index (χ0v) is 15.7. The molecular weight excluding hydrogens is 360 g/mol. The summed E-state index contributed by atoms with van der Waals surface area (Å²) in [6, 6.07) is 14.7. The minimum atomic E-state index is -0.821. The van der Waals surface area contributed by atoms with Crippen LogP contribution in [-0.2, 0) is 13.1 Å². The summed E-state index contributed by atoms with van der Waals surface area (Å²) in [6.45, 7) is 4.04. The Hall–Kier alpha value is -2.28. The van der Waals surface area contributed by atoms with Crippen molar-refractivity contribution in [2.24, 2.45) is 0 Å². The summed E-state index contributed by atoms with van der Waals surface area (Å²) >= 11 is 0. The molecule has 0 spiro atoms. The zero-order valence-electron chi connectivity index (χ0n) is 15.7. The third-order valence-corrected chi connectivity index (χ3v) is 5.50. The van der Waals surface area contributed by atoms with E-state index in [1.807, 2.05) is 12.1 Å². The molecule has 1 saturated heterocycles. The summed E-state index contributed by atoms with van der Waals surface area (Å²) in [6.07, 6.45) is 0.660. The number of benzene rings is 2. The Bertz CT molecular complexity index is 909. The van der Waals surface area contributed by atoms with E-state index in [1.165, 1.54) is 23.2 Å². The molecule has 0 bridgehead atoms. The number of aromatic nitrogens is 1. The highest BCUT2D eigenvalue weighted by atomic mass is 19.2. The standard InChI is InChI=1S/C22H25F2N3O/c23-20-6-5-16(11-21(20)24)13-27-9-8-26(15-19(27)7-10-28)14-18-12-17-3-1-2-4-22(17)25-18/h1-6,11-12,19,25,28H,7-10,13-15H2. The first-order valence-corrected chi connectivity index (χ1v) is 9.70. The molecule has 0 radical (unpaired) electrons. The number of para-hydroxylation sites is 1. The van der Waals surface area contributed by atoms with E-state index in [0.29, 0.717) is 13.0 Å². The van der Waals surface area contributed by atoms with E-state index in [2.05, 4.69) is 33.0 Å². The first-order chi connectivity index (χ1) is 13.6. The Morgan fingerprint density at radius 3 is 2.64 bits per heavy atom. The molecule has 1 aliphatic heterocycles. The summed E-state index contributed by atoms with van der Waals surface area (Å²) in [4.78, 5) is 8.11. The smallest absolute Gasteiger partial charge is 0.159 e. The highest BCUT2D eigenvalue weighted by molar-refractivity contribution is 5.80. The molecule has 4 nitrogen and oxygen atoms in total. The molecule has 1 fully saturated rings. The lowest BCUT2D eigenvalue weighted by Crippen LogP contribution is -2.52. The molecule has 1 aliphatic rings. The maximum Gasteiger partial charge on any atom is 0.159 e. The van der Waals surface area contributed by atoms with Crippen molar-refractivity contribution in [2.75, 3.05) is 26.2 Å². The number of piperazine rings is 1. The number of hydrogen-bond acceptors (Lipinski definition) is 3. The minimum Gasteiger partial charge on any atom is -0.396 e. The normalized spacial score (nSPS) is 18.8. The van der Waals surface area contributed by atoms with Crippen LogP contribution in [-0.4, -0.2) is 52.2 Å². The minimum absolute atomic E-state index is 0.110.